The normalized spacial score (nSPS) is 10.6. The minimum Gasteiger partial charge on any atom is -0.395 e. The van der Waals surface area contributed by atoms with Gasteiger partial charge in [-0.05, 0) is 32.9 Å². The fourth-order valence-electron chi connectivity index (χ4n) is 1.91. The van der Waals surface area contributed by atoms with Crippen molar-refractivity contribution in [1.29, 1.82) is 0 Å². The molecule has 0 aliphatic rings. The van der Waals surface area contributed by atoms with E-state index in [4.69, 9.17) is 17.3 Å². The van der Waals surface area contributed by atoms with Gasteiger partial charge < -0.3 is 11.1 Å². The molecule has 0 fully saturated rings. The van der Waals surface area contributed by atoms with Gasteiger partial charge in [0.25, 0.3) is 5.91 Å². The Balaban J connectivity index is 2.33. The van der Waals surface area contributed by atoms with Gasteiger partial charge in [0.1, 0.15) is 10.8 Å². The average molecular weight is 294 g/mol. The quantitative estimate of drug-likeness (QED) is 0.851. The van der Waals surface area contributed by atoms with Crippen LogP contribution in [0.3, 0.4) is 0 Å². The minimum absolute atomic E-state index is 0.308. The van der Waals surface area contributed by atoms with Gasteiger partial charge in [0, 0.05) is 6.54 Å². The van der Waals surface area contributed by atoms with Gasteiger partial charge in [-0.1, -0.05) is 11.6 Å². The second-order valence-corrected chi connectivity index (χ2v) is 4.77. The van der Waals surface area contributed by atoms with Crippen molar-refractivity contribution >= 4 is 28.9 Å². The zero-order valence-electron chi connectivity index (χ0n) is 11.6. The van der Waals surface area contributed by atoms with Gasteiger partial charge in [-0.25, -0.2) is 4.98 Å². The number of anilines is 2. The predicted molar refractivity (Wildman–Crippen MR) is 79.0 cm³/mol. The van der Waals surface area contributed by atoms with Crippen LogP contribution >= 0.6 is 11.6 Å². The third-order valence-electron chi connectivity index (χ3n) is 2.99. The number of carbonyl (C=O) groups excluding carboxylic acids is 1. The highest BCUT2D eigenvalue weighted by atomic mass is 35.5. The lowest BCUT2D eigenvalue weighted by Crippen LogP contribution is -2.19. The molecule has 0 aromatic carbocycles. The summed E-state index contributed by atoms with van der Waals surface area (Å²) in [4.78, 5) is 16.4. The summed E-state index contributed by atoms with van der Waals surface area (Å²) in [5.74, 6) is -0.308. The molecule has 7 heteroatoms. The van der Waals surface area contributed by atoms with Gasteiger partial charge in [-0.15, -0.1) is 0 Å². The highest BCUT2D eigenvalue weighted by molar-refractivity contribution is 6.29. The van der Waals surface area contributed by atoms with E-state index < -0.39 is 0 Å². The van der Waals surface area contributed by atoms with Gasteiger partial charge in [-0.2, -0.15) is 5.10 Å². The van der Waals surface area contributed by atoms with E-state index in [0.717, 1.165) is 0 Å². The fourth-order valence-corrected chi connectivity index (χ4v) is 2.10. The van der Waals surface area contributed by atoms with Crippen LogP contribution in [0.25, 0.3) is 0 Å². The van der Waals surface area contributed by atoms with Crippen LogP contribution in [-0.2, 0) is 6.54 Å². The summed E-state index contributed by atoms with van der Waals surface area (Å²) < 4.78 is 1.58. The average Bonchev–Trinajstić information content (AvgIpc) is 2.68. The Kier molecular flexibility index (Phi) is 3.94. The molecule has 106 valence electrons. The number of aromatic nitrogens is 3. The molecule has 20 heavy (non-hydrogen) atoms. The Morgan fingerprint density at radius 3 is 2.70 bits per heavy atom. The second kappa shape index (κ2) is 5.50. The molecular weight excluding hydrogens is 278 g/mol. The maximum atomic E-state index is 12.4. The first kappa shape index (κ1) is 14.3. The first-order valence-electron chi connectivity index (χ1n) is 6.21. The van der Waals surface area contributed by atoms with Crippen LogP contribution in [0.4, 0.5) is 11.4 Å². The summed E-state index contributed by atoms with van der Waals surface area (Å²) in [7, 11) is 0. The lowest BCUT2D eigenvalue weighted by Gasteiger charge is -2.09. The number of amides is 1. The second-order valence-electron chi connectivity index (χ2n) is 4.38. The number of nitrogens with one attached hydrogen (secondary N) is 1. The van der Waals surface area contributed by atoms with E-state index in [-0.39, 0.29) is 5.91 Å². The summed E-state index contributed by atoms with van der Waals surface area (Å²) >= 11 is 5.79. The molecule has 2 aromatic rings. The molecule has 0 aliphatic heterocycles. The van der Waals surface area contributed by atoms with Crippen LogP contribution in [-0.4, -0.2) is 20.7 Å². The van der Waals surface area contributed by atoms with E-state index in [1.54, 1.807) is 30.7 Å². The molecule has 6 nitrogen and oxygen atoms in total. The maximum absolute atomic E-state index is 12.4. The van der Waals surface area contributed by atoms with Crippen LogP contribution in [0.15, 0.2) is 12.1 Å². The predicted octanol–water partition coefficient (Wildman–Crippen LogP) is 2.40. The van der Waals surface area contributed by atoms with Gasteiger partial charge in [-0.3, -0.25) is 9.48 Å². The molecule has 0 saturated carbocycles. The zero-order chi connectivity index (χ0) is 14.9. The first-order chi connectivity index (χ1) is 9.43. The topological polar surface area (TPSA) is 85.8 Å². The number of nitrogens with zero attached hydrogens (tertiary/aromatic N) is 3. The third kappa shape index (κ3) is 2.60. The van der Waals surface area contributed by atoms with Crippen LogP contribution < -0.4 is 11.1 Å². The summed E-state index contributed by atoms with van der Waals surface area (Å²) in [6.07, 6.45) is 0. The number of hydrogen-bond donors (Lipinski definition) is 2. The van der Waals surface area contributed by atoms with E-state index in [9.17, 15) is 4.79 Å². The Hall–Kier alpha value is -2.08. The molecule has 0 aliphatic carbocycles. The van der Waals surface area contributed by atoms with E-state index in [1.807, 2.05) is 6.92 Å². The number of pyridine rings is 1. The van der Waals surface area contributed by atoms with Crippen molar-refractivity contribution in [2.45, 2.75) is 27.3 Å². The van der Waals surface area contributed by atoms with E-state index >= 15 is 0 Å². The van der Waals surface area contributed by atoms with Crippen LogP contribution in [0.1, 0.15) is 28.8 Å². The number of halogens is 1. The Bertz CT molecular complexity index is 665. The highest BCUT2D eigenvalue weighted by Gasteiger charge is 2.19. The van der Waals surface area contributed by atoms with Gasteiger partial charge in [0.15, 0.2) is 0 Å². The monoisotopic (exact) mass is 293 g/mol. The molecule has 2 heterocycles. The lowest BCUT2D eigenvalue weighted by molar-refractivity contribution is 0.101. The van der Waals surface area contributed by atoms with Gasteiger partial charge >= 0.3 is 0 Å². The standard InChI is InChI=1S/C13H16ClN5O/c1-4-19-12(11(15)8(3)18-19)13(20)17-9-5-6-10(14)16-7(9)2/h5-6H,4,15H2,1-3H3,(H,17,20). The van der Waals surface area contributed by atoms with Crippen molar-refractivity contribution in [3.8, 4) is 0 Å². The van der Waals surface area contributed by atoms with Crippen LogP contribution in [0.5, 0.6) is 0 Å². The van der Waals surface area contributed by atoms with E-state index in [2.05, 4.69) is 15.4 Å². The van der Waals surface area contributed by atoms with Crippen LogP contribution in [0, 0.1) is 13.8 Å². The SMILES string of the molecule is CCn1nc(C)c(N)c1C(=O)Nc1ccc(Cl)nc1C. The Morgan fingerprint density at radius 2 is 2.10 bits per heavy atom. The maximum Gasteiger partial charge on any atom is 0.276 e. The minimum atomic E-state index is -0.308. The van der Waals surface area contributed by atoms with Gasteiger partial charge in [0.05, 0.1) is 22.8 Å². The zero-order valence-corrected chi connectivity index (χ0v) is 12.3. The molecule has 0 unspecified atom stereocenters. The van der Waals surface area contributed by atoms with Crippen molar-refractivity contribution in [3.63, 3.8) is 0 Å². The molecule has 2 aromatic heterocycles. The van der Waals surface area contributed by atoms with Crippen molar-refractivity contribution < 1.29 is 4.79 Å². The Labute approximate surface area is 121 Å². The molecular formula is C13H16ClN5O. The Morgan fingerprint density at radius 1 is 1.40 bits per heavy atom. The number of nitrogens with two attached hydrogens (primary N) is 1. The van der Waals surface area contributed by atoms with Gasteiger partial charge in [0.2, 0.25) is 0 Å². The molecule has 3 N–H and O–H groups in total. The van der Waals surface area contributed by atoms with E-state index in [0.29, 0.717) is 40.2 Å². The molecule has 1 amide bonds. The molecule has 0 spiro atoms. The number of hydrogen-bond acceptors (Lipinski definition) is 4. The smallest absolute Gasteiger partial charge is 0.276 e. The number of nitrogen functional groups attached to an aromatic ring is 1. The highest BCUT2D eigenvalue weighted by Crippen LogP contribution is 2.20. The van der Waals surface area contributed by atoms with Crippen molar-refractivity contribution in [2.24, 2.45) is 0 Å². The molecule has 0 bridgehead atoms. The molecule has 0 radical (unpaired) electrons. The number of aryl methyl sites for hydroxylation is 3. The lowest BCUT2D eigenvalue weighted by atomic mass is 10.2. The fraction of sp³-hybridized carbons (Fsp3) is 0.308. The van der Waals surface area contributed by atoms with E-state index in [1.165, 1.54) is 0 Å². The largest absolute Gasteiger partial charge is 0.395 e. The number of rotatable bonds is 3. The summed E-state index contributed by atoms with van der Waals surface area (Å²) in [5, 5.41) is 7.39. The van der Waals surface area contributed by atoms with Crippen molar-refractivity contribution in [2.75, 3.05) is 11.1 Å². The molecule has 2 rings (SSSR count). The molecule has 0 saturated heterocycles. The van der Waals surface area contributed by atoms with Crippen molar-refractivity contribution in [1.82, 2.24) is 14.8 Å². The summed E-state index contributed by atoms with van der Waals surface area (Å²) in [6.45, 7) is 6.01. The van der Waals surface area contributed by atoms with Crippen molar-refractivity contribution in [3.05, 3.63) is 34.4 Å². The number of carbonyl (C=O) groups is 1. The summed E-state index contributed by atoms with van der Waals surface area (Å²) in [6, 6.07) is 3.33. The third-order valence-corrected chi connectivity index (χ3v) is 3.20. The van der Waals surface area contributed by atoms with Crippen LogP contribution in [0.2, 0.25) is 5.15 Å². The first-order valence-corrected chi connectivity index (χ1v) is 6.59. The molecule has 0 atom stereocenters. The summed E-state index contributed by atoms with van der Waals surface area (Å²) in [5.41, 5.74) is 8.55.